The highest BCUT2D eigenvalue weighted by molar-refractivity contribution is 6.46. The van der Waals surface area contributed by atoms with Crippen molar-refractivity contribution in [3.05, 3.63) is 47.2 Å². The molecule has 1 aliphatic carbocycles. The summed E-state index contributed by atoms with van der Waals surface area (Å²) in [6.07, 6.45) is 3.38. The van der Waals surface area contributed by atoms with Crippen molar-refractivity contribution in [2.45, 2.75) is 24.6 Å². The third kappa shape index (κ3) is 2.16. The van der Waals surface area contributed by atoms with Gasteiger partial charge >= 0.3 is 0 Å². The zero-order chi connectivity index (χ0) is 14.1. The van der Waals surface area contributed by atoms with Crippen LogP contribution in [0.2, 0.25) is 0 Å². The van der Waals surface area contributed by atoms with Crippen molar-refractivity contribution in [2.75, 3.05) is 13.1 Å². The Labute approximate surface area is 123 Å². The van der Waals surface area contributed by atoms with E-state index in [4.69, 9.17) is 11.6 Å². The molecule has 20 heavy (non-hydrogen) atoms. The monoisotopic (exact) mass is 289 g/mol. The average Bonchev–Trinajstić information content (AvgIpc) is 2.52. The average molecular weight is 290 g/mol. The minimum Gasteiger partial charge on any atom is -0.373 e. The molecule has 4 heteroatoms. The van der Waals surface area contributed by atoms with Crippen LogP contribution in [0.25, 0.3) is 0 Å². The van der Waals surface area contributed by atoms with E-state index in [1.165, 1.54) is 6.42 Å². The first-order chi connectivity index (χ1) is 9.70. The van der Waals surface area contributed by atoms with Crippen LogP contribution < -0.4 is 0 Å². The molecular formula is C16H16ClNO2. The number of carbonyl (C=O) groups excluding carboxylic acids is 2. The van der Waals surface area contributed by atoms with Gasteiger partial charge < -0.3 is 4.90 Å². The number of benzene rings is 1. The number of alkyl halides is 1. The molecule has 1 atom stereocenters. The molecule has 0 saturated carbocycles. The second-order valence-corrected chi connectivity index (χ2v) is 5.67. The summed E-state index contributed by atoms with van der Waals surface area (Å²) in [5, 5.41) is -0.643. The van der Waals surface area contributed by atoms with E-state index in [2.05, 4.69) is 4.90 Å². The Bertz CT molecular complexity index is 573. The molecule has 1 heterocycles. The van der Waals surface area contributed by atoms with Crippen LogP contribution in [0.5, 0.6) is 0 Å². The molecule has 1 fully saturated rings. The largest absolute Gasteiger partial charge is 0.373 e. The lowest BCUT2D eigenvalue weighted by atomic mass is 9.84. The Morgan fingerprint density at radius 3 is 2.40 bits per heavy atom. The maximum Gasteiger partial charge on any atom is 0.198 e. The molecule has 0 aromatic heterocycles. The van der Waals surface area contributed by atoms with E-state index >= 15 is 0 Å². The summed E-state index contributed by atoms with van der Waals surface area (Å²) in [7, 11) is 0. The number of carbonyl (C=O) groups is 2. The van der Waals surface area contributed by atoms with Crippen molar-refractivity contribution in [3.63, 3.8) is 0 Å². The zero-order valence-corrected chi connectivity index (χ0v) is 11.9. The van der Waals surface area contributed by atoms with Gasteiger partial charge in [0.2, 0.25) is 0 Å². The van der Waals surface area contributed by atoms with Gasteiger partial charge in [-0.3, -0.25) is 9.59 Å². The number of nitrogens with zero attached hydrogens (tertiary/aromatic N) is 1. The summed E-state index contributed by atoms with van der Waals surface area (Å²) in [4.78, 5) is 26.6. The van der Waals surface area contributed by atoms with E-state index < -0.39 is 5.38 Å². The van der Waals surface area contributed by atoms with Gasteiger partial charge in [-0.15, -0.1) is 11.6 Å². The number of hydrogen-bond donors (Lipinski definition) is 0. The molecule has 1 unspecified atom stereocenters. The highest BCUT2D eigenvalue weighted by Gasteiger charge is 2.44. The predicted octanol–water partition coefficient (Wildman–Crippen LogP) is 2.80. The molecule has 0 radical (unpaired) electrons. The molecular weight excluding hydrogens is 274 g/mol. The molecule has 0 amide bonds. The van der Waals surface area contributed by atoms with E-state index in [-0.39, 0.29) is 17.1 Å². The summed E-state index contributed by atoms with van der Waals surface area (Å²) < 4.78 is 0. The number of piperidine rings is 1. The summed E-state index contributed by atoms with van der Waals surface area (Å²) in [6.45, 7) is 1.77. The van der Waals surface area contributed by atoms with Crippen LogP contribution in [0.4, 0.5) is 0 Å². The fraction of sp³-hybridized carbons (Fsp3) is 0.375. The molecule has 1 saturated heterocycles. The summed E-state index contributed by atoms with van der Waals surface area (Å²) in [6, 6.07) is 8.92. The first-order valence-electron chi connectivity index (χ1n) is 6.97. The third-order valence-electron chi connectivity index (χ3n) is 3.93. The lowest BCUT2D eigenvalue weighted by Crippen LogP contribution is -2.46. The fourth-order valence-electron chi connectivity index (χ4n) is 2.84. The lowest BCUT2D eigenvalue weighted by molar-refractivity contribution is -0.116. The van der Waals surface area contributed by atoms with E-state index in [1.54, 1.807) is 24.3 Å². The Kier molecular flexibility index (Phi) is 3.62. The van der Waals surface area contributed by atoms with Crippen molar-refractivity contribution < 1.29 is 9.59 Å². The molecule has 1 aromatic carbocycles. The Balaban J connectivity index is 1.94. The second-order valence-electron chi connectivity index (χ2n) is 5.23. The minimum absolute atomic E-state index is 0.201. The minimum atomic E-state index is -0.643. The molecule has 3 nitrogen and oxygen atoms in total. The van der Waals surface area contributed by atoms with Gasteiger partial charge in [0.1, 0.15) is 5.38 Å². The molecule has 1 aromatic rings. The van der Waals surface area contributed by atoms with Crippen molar-refractivity contribution >= 4 is 23.2 Å². The Hall–Kier alpha value is -1.61. The van der Waals surface area contributed by atoms with Crippen molar-refractivity contribution in [2.24, 2.45) is 0 Å². The topological polar surface area (TPSA) is 37.4 Å². The van der Waals surface area contributed by atoms with Crippen molar-refractivity contribution in [1.29, 1.82) is 0 Å². The van der Waals surface area contributed by atoms with Crippen LogP contribution in [0.1, 0.15) is 29.6 Å². The van der Waals surface area contributed by atoms with E-state index in [1.807, 2.05) is 6.07 Å². The van der Waals surface area contributed by atoms with Gasteiger partial charge in [-0.05, 0) is 19.3 Å². The second kappa shape index (κ2) is 5.41. The van der Waals surface area contributed by atoms with Gasteiger partial charge in [-0.2, -0.15) is 0 Å². The van der Waals surface area contributed by atoms with Gasteiger partial charge in [0.15, 0.2) is 11.6 Å². The number of likely N-dealkylation sites (tertiary alicyclic amines) is 1. The van der Waals surface area contributed by atoms with Crippen LogP contribution in [0.15, 0.2) is 41.6 Å². The van der Waals surface area contributed by atoms with Gasteiger partial charge in [0.05, 0.1) is 11.3 Å². The van der Waals surface area contributed by atoms with Gasteiger partial charge in [0.25, 0.3) is 0 Å². The van der Waals surface area contributed by atoms with Crippen LogP contribution in [-0.2, 0) is 4.79 Å². The maximum absolute atomic E-state index is 12.5. The highest BCUT2D eigenvalue weighted by atomic mass is 35.5. The number of halogens is 1. The van der Waals surface area contributed by atoms with E-state index in [0.717, 1.165) is 31.6 Å². The van der Waals surface area contributed by atoms with Crippen LogP contribution in [-0.4, -0.2) is 34.9 Å². The van der Waals surface area contributed by atoms with Crippen LogP contribution >= 0.6 is 11.6 Å². The molecule has 0 bridgehead atoms. The van der Waals surface area contributed by atoms with Crippen LogP contribution in [0, 0.1) is 0 Å². The van der Waals surface area contributed by atoms with Crippen molar-refractivity contribution in [3.8, 4) is 0 Å². The quantitative estimate of drug-likeness (QED) is 0.488. The Morgan fingerprint density at radius 1 is 1.10 bits per heavy atom. The van der Waals surface area contributed by atoms with E-state index in [9.17, 15) is 9.59 Å². The molecule has 0 N–H and O–H groups in total. The lowest BCUT2D eigenvalue weighted by Gasteiger charge is -2.39. The van der Waals surface area contributed by atoms with Gasteiger partial charge in [-0.1, -0.05) is 30.3 Å². The molecule has 0 spiro atoms. The first-order valence-corrected chi connectivity index (χ1v) is 7.41. The molecule has 2 aliphatic rings. The fourth-order valence-corrected chi connectivity index (χ4v) is 3.20. The number of rotatable bonds is 3. The summed E-state index contributed by atoms with van der Waals surface area (Å²) >= 11 is 6.12. The number of allylic oxidation sites excluding steroid dienone is 2. The van der Waals surface area contributed by atoms with Crippen LogP contribution in [0.3, 0.4) is 0 Å². The smallest absolute Gasteiger partial charge is 0.198 e. The van der Waals surface area contributed by atoms with Gasteiger partial charge in [-0.25, -0.2) is 0 Å². The highest BCUT2D eigenvalue weighted by Crippen LogP contribution is 2.35. The van der Waals surface area contributed by atoms with Crippen molar-refractivity contribution in [1.82, 2.24) is 4.90 Å². The number of ketones is 2. The molecule has 104 valence electrons. The van der Waals surface area contributed by atoms with E-state index in [0.29, 0.717) is 5.56 Å². The first kappa shape index (κ1) is 13.4. The predicted molar refractivity (Wildman–Crippen MR) is 77.9 cm³/mol. The standard InChI is InChI=1S/C16H16ClNO2/c17-13-14(18-9-5-2-6-10-18)12(16(13)20)15(19)11-7-3-1-4-8-11/h1,3-4,7-8,13H,2,5-6,9-10H2. The Morgan fingerprint density at radius 2 is 1.75 bits per heavy atom. The zero-order valence-electron chi connectivity index (χ0n) is 11.1. The molecule has 3 rings (SSSR count). The molecule has 1 aliphatic heterocycles. The number of Topliss-reactive ketones (excluding diaryl/α,β-unsaturated/α-hetero) is 2. The SMILES string of the molecule is O=C(C1=C(N2CCCCC2)C(Cl)C1=O)c1ccccc1. The summed E-state index contributed by atoms with van der Waals surface area (Å²) in [5.74, 6) is -0.436. The third-order valence-corrected chi connectivity index (χ3v) is 4.34. The normalized spacial score (nSPS) is 22.8. The summed E-state index contributed by atoms with van der Waals surface area (Å²) in [5.41, 5.74) is 1.58. The number of hydrogen-bond acceptors (Lipinski definition) is 3. The van der Waals surface area contributed by atoms with Gasteiger partial charge in [0, 0.05) is 18.7 Å². The maximum atomic E-state index is 12.5.